The molecule has 5 heteroatoms. The average Bonchev–Trinajstić information content (AvgIpc) is 2.87. The number of likely N-dealkylation sites (N-methyl/N-ethyl adjacent to an activating group) is 1. The van der Waals surface area contributed by atoms with Gasteiger partial charge in [-0.3, -0.25) is 14.6 Å². The number of rotatable bonds is 6. The van der Waals surface area contributed by atoms with E-state index >= 15 is 0 Å². The van der Waals surface area contributed by atoms with Crippen molar-refractivity contribution in [3.8, 4) is 0 Å². The first-order chi connectivity index (χ1) is 13.2. The number of Topliss-reactive ketones (excluding diaryl/α,β-unsaturated/α-hetero) is 1. The monoisotopic (exact) mass is 381 g/mol. The predicted octanol–water partition coefficient (Wildman–Crippen LogP) is 3.96. The van der Waals surface area contributed by atoms with Crippen molar-refractivity contribution in [1.82, 2.24) is 14.5 Å². The quantitative estimate of drug-likeness (QED) is 0.761. The number of hydrogen-bond acceptors (Lipinski definition) is 3. The number of nitrogens with zero attached hydrogens (tertiary/aromatic N) is 3. The van der Waals surface area contributed by atoms with Crippen molar-refractivity contribution in [2.75, 3.05) is 7.05 Å². The highest BCUT2D eigenvalue weighted by Crippen LogP contribution is 2.39. The first-order valence-corrected chi connectivity index (χ1v) is 10.1. The van der Waals surface area contributed by atoms with E-state index in [2.05, 4.69) is 37.2 Å². The van der Waals surface area contributed by atoms with Gasteiger partial charge in [-0.2, -0.15) is 0 Å². The van der Waals surface area contributed by atoms with Crippen LogP contribution >= 0.6 is 0 Å². The molecule has 0 radical (unpaired) electrons. The third-order valence-corrected chi connectivity index (χ3v) is 5.65. The first-order valence-electron chi connectivity index (χ1n) is 10.1. The van der Waals surface area contributed by atoms with Crippen LogP contribution in [0.25, 0.3) is 0 Å². The summed E-state index contributed by atoms with van der Waals surface area (Å²) >= 11 is 0. The van der Waals surface area contributed by atoms with Gasteiger partial charge in [0, 0.05) is 43.2 Å². The van der Waals surface area contributed by atoms with Gasteiger partial charge in [0.15, 0.2) is 5.78 Å². The van der Waals surface area contributed by atoms with Gasteiger partial charge in [-0.05, 0) is 42.9 Å². The Morgan fingerprint density at radius 3 is 2.68 bits per heavy atom. The minimum Gasteiger partial charge on any atom is -0.348 e. The molecule has 0 spiro atoms. The Labute approximate surface area is 167 Å². The molecule has 5 nitrogen and oxygen atoms in total. The summed E-state index contributed by atoms with van der Waals surface area (Å²) in [5.41, 5.74) is 4.75. The highest BCUT2D eigenvalue weighted by Gasteiger charge is 2.37. The van der Waals surface area contributed by atoms with Crippen molar-refractivity contribution in [1.29, 1.82) is 0 Å². The Balaban J connectivity index is 1.90. The molecule has 0 bridgehead atoms. The second kappa shape index (κ2) is 7.90. The molecule has 0 fully saturated rings. The maximum Gasteiger partial charge on any atom is 0.227 e. The molecule has 0 saturated heterocycles. The van der Waals surface area contributed by atoms with Gasteiger partial charge in [0.1, 0.15) is 0 Å². The summed E-state index contributed by atoms with van der Waals surface area (Å²) in [6, 6.07) is 5.71. The Bertz CT molecular complexity index is 881. The van der Waals surface area contributed by atoms with E-state index in [1.165, 1.54) is 0 Å². The van der Waals surface area contributed by atoms with E-state index in [1.54, 1.807) is 18.1 Å². The fourth-order valence-corrected chi connectivity index (χ4v) is 4.26. The van der Waals surface area contributed by atoms with E-state index in [1.807, 2.05) is 18.2 Å². The lowest BCUT2D eigenvalue weighted by Gasteiger charge is -2.30. The zero-order valence-corrected chi connectivity index (χ0v) is 17.7. The van der Waals surface area contributed by atoms with E-state index in [0.29, 0.717) is 13.0 Å². The van der Waals surface area contributed by atoms with Crippen LogP contribution in [0, 0.1) is 12.3 Å². The molecule has 1 aliphatic rings. The van der Waals surface area contributed by atoms with Crippen molar-refractivity contribution in [3.63, 3.8) is 0 Å². The van der Waals surface area contributed by atoms with Crippen LogP contribution in [-0.2, 0) is 30.7 Å². The molecular formula is C23H31N3O2. The maximum absolute atomic E-state index is 13.0. The second-order valence-electron chi connectivity index (χ2n) is 8.73. The molecule has 0 saturated carbocycles. The molecule has 0 N–H and O–H groups in total. The number of ketones is 1. The molecule has 2 aromatic heterocycles. The van der Waals surface area contributed by atoms with E-state index in [-0.39, 0.29) is 23.5 Å². The molecule has 2 heterocycles. The zero-order valence-electron chi connectivity index (χ0n) is 17.7. The predicted molar refractivity (Wildman–Crippen MR) is 110 cm³/mol. The highest BCUT2D eigenvalue weighted by atomic mass is 16.2. The third kappa shape index (κ3) is 4.03. The molecule has 3 rings (SSSR count). The summed E-state index contributed by atoms with van der Waals surface area (Å²) in [6.07, 6.45) is 4.43. The van der Waals surface area contributed by atoms with Crippen LogP contribution in [0.15, 0.2) is 24.4 Å². The van der Waals surface area contributed by atoms with Gasteiger partial charge in [0.2, 0.25) is 5.91 Å². The van der Waals surface area contributed by atoms with Gasteiger partial charge < -0.3 is 9.47 Å². The first kappa shape index (κ1) is 20.3. The number of amides is 1. The van der Waals surface area contributed by atoms with Gasteiger partial charge in [-0.1, -0.05) is 26.8 Å². The molecule has 0 aliphatic heterocycles. The van der Waals surface area contributed by atoms with Crippen LogP contribution in [0.3, 0.4) is 0 Å². The summed E-state index contributed by atoms with van der Waals surface area (Å²) in [7, 11) is 1.80. The Morgan fingerprint density at radius 2 is 2.04 bits per heavy atom. The van der Waals surface area contributed by atoms with E-state index in [4.69, 9.17) is 0 Å². The fourth-order valence-electron chi connectivity index (χ4n) is 4.26. The van der Waals surface area contributed by atoms with E-state index in [9.17, 15) is 9.59 Å². The number of carbonyl (C=O) groups excluding carboxylic acids is 2. The smallest absolute Gasteiger partial charge is 0.227 e. The van der Waals surface area contributed by atoms with Crippen molar-refractivity contribution < 1.29 is 9.59 Å². The molecule has 0 atom stereocenters. The molecule has 1 amide bonds. The van der Waals surface area contributed by atoms with Crippen LogP contribution in [0.2, 0.25) is 0 Å². The lowest BCUT2D eigenvalue weighted by molar-refractivity contribution is -0.129. The number of fused-ring (bicyclic) bond motifs is 1. The zero-order chi connectivity index (χ0) is 20.5. The Hall–Kier alpha value is -2.43. The van der Waals surface area contributed by atoms with Crippen molar-refractivity contribution in [2.45, 2.75) is 66.5 Å². The lowest BCUT2D eigenvalue weighted by atomic mass is 9.75. The molecular weight excluding hydrogens is 350 g/mol. The normalized spacial score (nSPS) is 15.4. The van der Waals surface area contributed by atoms with Crippen molar-refractivity contribution in [2.24, 2.45) is 5.41 Å². The summed E-state index contributed by atoms with van der Waals surface area (Å²) < 4.78 is 2.27. The molecule has 2 aromatic rings. The molecule has 0 aromatic carbocycles. The molecule has 150 valence electrons. The van der Waals surface area contributed by atoms with Gasteiger partial charge >= 0.3 is 0 Å². The minimum atomic E-state index is -0.0303. The van der Waals surface area contributed by atoms with Crippen LogP contribution < -0.4 is 0 Å². The van der Waals surface area contributed by atoms with E-state index in [0.717, 1.165) is 47.6 Å². The number of carbonyl (C=O) groups is 2. The SMILES string of the molecule is CCCn1c(C)c(CC(=O)N(C)Cc2ccccn2)c2c1CC(C)(C)CC2=O. The van der Waals surface area contributed by atoms with E-state index < -0.39 is 0 Å². The lowest BCUT2D eigenvalue weighted by Crippen LogP contribution is -2.30. The third-order valence-electron chi connectivity index (χ3n) is 5.65. The second-order valence-corrected chi connectivity index (χ2v) is 8.73. The van der Waals surface area contributed by atoms with Gasteiger partial charge in [-0.25, -0.2) is 0 Å². The van der Waals surface area contributed by atoms with Crippen molar-refractivity contribution >= 4 is 11.7 Å². The van der Waals surface area contributed by atoms with Crippen molar-refractivity contribution in [3.05, 3.63) is 52.6 Å². The van der Waals surface area contributed by atoms with Gasteiger partial charge in [0.05, 0.1) is 18.7 Å². The standard InChI is InChI=1S/C23H31N3O2/c1-6-11-26-16(2)18(22-19(26)13-23(3,4)14-20(22)27)12-21(28)25(5)15-17-9-7-8-10-24-17/h7-10H,6,11-15H2,1-5H3. The summed E-state index contributed by atoms with van der Waals surface area (Å²) in [5, 5.41) is 0. The summed E-state index contributed by atoms with van der Waals surface area (Å²) in [5.74, 6) is 0.196. The van der Waals surface area contributed by atoms with Crippen LogP contribution in [0.1, 0.15) is 66.6 Å². The number of aromatic nitrogens is 2. The minimum absolute atomic E-state index is 0.0165. The number of pyridine rings is 1. The maximum atomic E-state index is 13.0. The topological polar surface area (TPSA) is 55.2 Å². The summed E-state index contributed by atoms with van der Waals surface area (Å²) in [6.45, 7) is 9.85. The largest absolute Gasteiger partial charge is 0.348 e. The molecule has 28 heavy (non-hydrogen) atoms. The highest BCUT2D eigenvalue weighted by molar-refractivity contribution is 6.01. The average molecular weight is 382 g/mol. The van der Waals surface area contributed by atoms with Crippen LogP contribution in [-0.4, -0.2) is 33.2 Å². The van der Waals surface area contributed by atoms with Gasteiger partial charge in [0.25, 0.3) is 0 Å². The number of hydrogen-bond donors (Lipinski definition) is 0. The fraction of sp³-hybridized carbons (Fsp3) is 0.522. The van der Waals surface area contributed by atoms with Crippen LogP contribution in [0.4, 0.5) is 0 Å². The van der Waals surface area contributed by atoms with Gasteiger partial charge in [-0.15, -0.1) is 0 Å². The van der Waals surface area contributed by atoms with Crippen LogP contribution in [0.5, 0.6) is 0 Å². The molecule has 1 aliphatic carbocycles. The Morgan fingerprint density at radius 1 is 1.29 bits per heavy atom. The molecule has 0 unspecified atom stereocenters. The summed E-state index contributed by atoms with van der Waals surface area (Å²) in [4.78, 5) is 31.9. The Kier molecular flexibility index (Phi) is 5.73.